The van der Waals surface area contributed by atoms with Crippen LogP contribution in [-0.2, 0) is 6.54 Å². The van der Waals surface area contributed by atoms with Crippen molar-refractivity contribution in [3.8, 4) is 23.2 Å². The second-order valence-electron chi connectivity index (χ2n) is 6.64. The highest BCUT2D eigenvalue weighted by atomic mass is 16.3. The van der Waals surface area contributed by atoms with Crippen molar-refractivity contribution in [2.75, 3.05) is 6.54 Å². The number of aromatic nitrogens is 3. The Hall–Kier alpha value is -4.18. The maximum absolute atomic E-state index is 13.5. The number of pyridine rings is 1. The summed E-state index contributed by atoms with van der Waals surface area (Å²) < 4.78 is 7.09. The molecule has 0 fully saturated rings. The molecule has 0 unspecified atom stereocenters. The molecule has 0 atom stereocenters. The van der Waals surface area contributed by atoms with E-state index in [1.807, 2.05) is 42.5 Å². The van der Waals surface area contributed by atoms with Gasteiger partial charge in [-0.15, -0.1) is 0 Å². The van der Waals surface area contributed by atoms with Crippen molar-refractivity contribution in [1.82, 2.24) is 19.7 Å². The average molecular weight is 397 g/mol. The lowest BCUT2D eigenvalue weighted by Crippen LogP contribution is -2.33. The summed E-state index contributed by atoms with van der Waals surface area (Å²) in [4.78, 5) is 19.3. The van der Waals surface area contributed by atoms with E-state index in [-0.39, 0.29) is 12.3 Å². The number of furan rings is 1. The van der Waals surface area contributed by atoms with Crippen LogP contribution in [0.3, 0.4) is 0 Å². The topological polar surface area (TPSA) is 87.9 Å². The van der Waals surface area contributed by atoms with Gasteiger partial charge in [-0.05, 0) is 35.9 Å². The van der Waals surface area contributed by atoms with Gasteiger partial charge < -0.3 is 9.32 Å². The van der Waals surface area contributed by atoms with Gasteiger partial charge in [-0.1, -0.05) is 24.3 Å². The Morgan fingerprint density at radius 1 is 1.13 bits per heavy atom. The van der Waals surface area contributed by atoms with E-state index in [0.717, 1.165) is 11.3 Å². The van der Waals surface area contributed by atoms with Crippen LogP contribution >= 0.6 is 0 Å². The SMILES string of the molecule is N#CCCN(Cc1cccnc1)C(=O)c1cc(-c2ccco2)nn1-c1ccccc1. The molecule has 0 aliphatic heterocycles. The van der Waals surface area contributed by atoms with E-state index in [1.54, 1.807) is 46.4 Å². The summed E-state index contributed by atoms with van der Waals surface area (Å²) in [5.41, 5.74) is 2.62. The molecule has 0 bridgehead atoms. The fourth-order valence-electron chi connectivity index (χ4n) is 3.16. The molecule has 1 amide bonds. The van der Waals surface area contributed by atoms with Crippen molar-refractivity contribution in [1.29, 1.82) is 5.26 Å². The highest BCUT2D eigenvalue weighted by Crippen LogP contribution is 2.23. The Morgan fingerprint density at radius 3 is 2.70 bits per heavy atom. The molecule has 1 aromatic carbocycles. The highest BCUT2D eigenvalue weighted by Gasteiger charge is 2.23. The number of hydrogen-bond acceptors (Lipinski definition) is 5. The van der Waals surface area contributed by atoms with E-state index in [4.69, 9.17) is 9.68 Å². The Labute approximate surface area is 173 Å². The van der Waals surface area contributed by atoms with Gasteiger partial charge in [0.15, 0.2) is 5.76 Å². The number of nitriles is 1. The fraction of sp³-hybridized carbons (Fsp3) is 0.130. The zero-order chi connectivity index (χ0) is 20.8. The van der Waals surface area contributed by atoms with Gasteiger partial charge in [-0.2, -0.15) is 10.4 Å². The molecule has 0 aliphatic carbocycles. The van der Waals surface area contributed by atoms with Crippen LogP contribution in [0.5, 0.6) is 0 Å². The van der Waals surface area contributed by atoms with Crippen molar-refractivity contribution in [2.24, 2.45) is 0 Å². The van der Waals surface area contributed by atoms with E-state index in [9.17, 15) is 4.79 Å². The van der Waals surface area contributed by atoms with E-state index < -0.39 is 0 Å². The quantitative estimate of drug-likeness (QED) is 0.469. The number of para-hydroxylation sites is 1. The lowest BCUT2D eigenvalue weighted by atomic mass is 10.2. The zero-order valence-electron chi connectivity index (χ0n) is 16.2. The van der Waals surface area contributed by atoms with E-state index in [1.165, 1.54) is 0 Å². The number of amides is 1. The lowest BCUT2D eigenvalue weighted by molar-refractivity contribution is 0.0737. The number of carbonyl (C=O) groups excluding carboxylic acids is 1. The normalized spacial score (nSPS) is 10.5. The number of rotatable bonds is 7. The number of nitrogens with zero attached hydrogens (tertiary/aromatic N) is 5. The van der Waals surface area contributed by atoms with Crippen molar-refractivity contribution < 1.29 is 9.21 Å². The molecular weight excluding hydrogens is 378 g/mol. The van der Waals surface area contributed by atoms with Gasteiger partial charge in [-0.3, -0.25) is 9.78 Å². The molecule has 4 rings (SSSR count). The van der Waals surface area contributed by atoms with Gasteiger partial charge in [0.2, 0.25) is 0 Å². The third-order valence-electron chi connectivity index (χ3n) is 4.58. The molecule has 7 heteroatoms. The molecule has 4 aromatic rings. The third kappa shape index (κ3) is 4.13. The second-order valence-corrected chi connectivity index (χ2v) is 6.64. The van der Waals surface area contributed by atoms with Gasteiger partial charge in [0, 0.05) is 31.5 Å². The molecule has 7 nitrogen and oxygen atoms in total. The molecule has 30 heavy (non-hydrogen) atoms. The third-order valence-corrected chi connectivity index (χ3v) is 4.58. The predicted octanol–water partition coefficient (Wildman–Crippen LogP) is 4.08. The monoisotopic (exact) mass is 397 g/mol. The van der Waals surface area contributed by atoms with Crippen LogP contribution in [0, 0.1) is 11.3 Å². The molecule has 0 saturated heterocycles. The van der Waals surface area contributed by atoms with Gasteiger partial charge in [-0.25, -0.2) is 4.68 Å². The zero-order valence-corrected chi connectivity index (χ0v) is 16.2. The minimum atomic E-state index is -0.219. The number of benzene rings is 1. The Balaban J connectivity index is 1.74. The van der Waals surface area contributed by atoms with Crippen LogP contribution in [0.1, 0.15) is 22.5 Å². The average Bonchev–Trinajstić information content (AvgIpc) is 3.47. The summed E-state index contributed by atoms with van der Waals surface area (Å²) >= 11 is 0. The largest absolute Gasteiger partial charge is 0.463 e. The van der Waals surface area contributed by atoms with Crippen molar-refractivity contribution in [3.05, 3.63) is 90.6 Å². The first-order valence-electron chi connectivity index (χ1n) is 9.51. The van der Waals surface area contributed by atoms with E-state index in [2.05, 4.69) is 16.2 Å². The van der Waals surface area contributed by atoms with Crippen molar-refractivity contribution in [2.45, 2.75) is 13.0 Å². The van der Waals surface area contributed by atoms with Gasteiger partial charge in [0.25, 0.3) is 5.91 Å². The Morgan fingerprint density at radius 2 is 2.00 bits per heavy atom. The summed E-state index contributed by atoms with van der Waals surface area (Å²) in [6, 6.07) is 20.6. The molecule has 0 aliphatic rings. The van der Waals surface area contributed by atoms with Gasteiger partial charge in [0.05, 0.1) is 24.4 Å². The smallest absolute Gasteiger partial charge is 0.272 e. The first-order valence-corrected chi connectivity index (χ1v) is 9.51. The molecule has 0 radical (unpaired) electrons. The lowest BCUT2D eigenvalue weighted by Gasteiger charge is -2.22. The Bertz CT molecular complexity index is 1150. The van der Waals surface area contributed by atoms with Crippen LogP contribution in [0.2, 0.25) is 0 Å². The minimum Gasteiger partial charge on any atom is -0.463 e. The fourth-order valence-corrected chi connectivity index (χ4v) is 3.16. The molecule has 148 valence electrons. The van der Waals surface area contributed by atoms with Crippen LogP contribution < -0.4 is 0 Å². The number of carbonyl (C=O) groups is 1. The van der Waals surface area contributed by atoms with Crippen LogP contribution in [0.25, 0.3) is 17.1 Å². The van der Waals surface area contributed by atoms with Crippen LogP contribution in [0.15, 0.2) is 83.7 Å². The first-order chi connectivity index (χ1) is 14.8. The molecule has 0 spiro atoms. The summed E-state index contributed by atoms with van der Waals surface area (Å²) in [7, 11) is 0. The molecule has 3 heterocycles. The van der Waals surface area contributed by atoms with Gasteiger partial charge >= 0.3 is 0 Å². The summed E-state index contributed by atoms with van der Waals surface area (Å²) in [5.74, 6) is 0.359. The predicted molar refractivity (Wildman–Crippen MR) is 110 cm³/mol. The summed E-state index contributed by atoms with van der Waals surface area (Å²) in [6.07, 6.45) is 5.21. The standard InChI is InChI=1S/C23H19N5O2/c24-11-6-13-27(17-18-7-4-12-25-16-18)23(29)21-15-20(22-10-5-14-30-22)26-28(21)19-8-2-1-3-9-19/h1-5,7-10,12,14-16H,6,13,17H2. The van der Waals surface area contributed by atoms with Crippen molar-refractivity contribution >= 4 is 5.91 Å². The summed E-state index contributed by atoms with van der Waals surface area (Å²) in [5, 5.41) is 13.7. The second kappa shape index (κ2) is 8.88. The van der Waals surface area contributed by atoms with Gasteiger partial charge in [0.1, 0.15) is 11.4 Å². The number of hydrogen-bond donors (Lipinski definition) is 0. The highest BCUT2D eigenvalue weighted by molar-refractivity contribution is 5.94. The maximum Gasteiger partial charge on any atom is 0.272 e. The van der Waals surface area contributed by atoms with Crippen molar-refractivity contribution in [3.63, 3.8) is 0 Å². The van der Waals surface area contributed by atoms with Crippen LogP contribution in [0.4, 0.5) is 0 Å². The molecule has 3 aromatic heterocycles. The maximum atomic E-state index is 13.5. The molecule has 0 saturated carbocycles. The molecule has 0 N–H and O–H groups in total. The molecular formula is C23H19N5O2. The van der Waals surface area contributed by atoms with E-state index in [0.29, 0.717) is 30.2 Å². The van der Waals surface area contributed by atoms with E-state index >= 15 is 0 Å². The first kappa shape index (κ1) is 19.2. The van der Waals surface area contributed by atoms with Crippen LogP contribution in [-0.4, -0.2) is 32.1 Å². The Kier molecular flexibility index (Phi) is 5.67. The summed E-state index contributed by atoms with van der Waals surface area (Å²) in [6.45, 7) is 0.657. The minimum absolute atomic E-state index is 0.219.